The second-order valence-electron chi connectivity index (χ2n) is 13.9. The van der Waals surface area contributed by atoms with E-state index < -0.39 is 0 Å². The normalized spacial score (nSPS) is 13.2. The third-order valence-corrected chi connectivity index (χ3v) is 9.00. The standard InChI is InChI=1S/C43H81N/c1-5-7-9-11-13-15-17-19-21-23-25-27-29-31-33-35-37-39-41-43(42-44(3)4)40-38-36-34-32-30-28-26-24-22-20-18-16-14-12-10-8-6-2/h13-16,19-22,43H,5-12,17-18,23-42H2,1-4H3/b15-13-,16-14-,21-19-,22-20-. The van der Waals surface area contributed by atoms with Crippen molar-refractivity contribution in [1.29, 1.82) is 0 Å². The van der Waals surface area contributed by atoms with Crippen molar-refractivity contribution in [1.82, 2.24) is 4.90 Å². The van der Waals surface area contributed by atoms with E-state index in [1.54, 1.807) is 0 Å². The van der Waals surface area contributed by atoms with Gasteiger partial charge in [0.25, 0.3) is 0 Å². The maximum absolute atomic E-state index is 2.42. The summed E-state index contributed by atoms with van der Waals surface area (Å²) >= 11 is 0. The molecule has 0 rings (SSSR count). The molecule has 0 amide bonds. The van der Waals surface area contributed by atoms with Crippen LogP contribution in [0.2, 0.25) is 0 Å². The SMILES string of the molecule is CCCCC/C=C\C/C=C\CCCCCCCCCCC(CCCCCCCCC/C=C\C/C=C\CCCCC)CN(C)C. The Hall–Kier alpha value is -1.08. The lowest BCUT2D eigenvalue weighted by Crippen LogP contribution is -2.21. The Bertz CT molecular complexity index is 639. The summed E-state index contributed by atoms with van der Waals surface area (Å²) in [6.07, 6.45) is 58.7. The predicted molar refractivity (Wildman–Crippen MR) is 204 cm³/mol. The summed E-state index contributed by atoms with van der Waals surface area (Å²) in [6, 6.07) is 0. The molecule has 0 heterocycles. The van der Waals surface area contributed by atoms with Crippen LogP contribution < -0.4 is 0 Å². The minimum atomic E-state index is 0.910. The fourth-order valence-corrected chi connectivity index (χ4v) is 6.22. The summed E-state index contributed by atoms with van der Waals surface area (Å²) in [5.74, 6) is 0.910. The largest absolute Gasteiger partial charge is 0.309 e. The van der Waals surface area contributed by atoms with Gasteiger partial charge in [-0.05, 0) is 97.1 Å². The summed E-state index contributed by atoms with van der Waals surface area (Å²) in [6.45, 7) is 5.83. The van der Waals surface area contributed by atoms with Crippen LogP contribution in [-0.2, 0) is 0 Å². The molecule has 1 nitrogen and oxygen atoms in total. The molecule has 0 aliphatic heterocycles. The van der Waals surface area contributed by atoms with Gasteiger partial charge in [-0.2, -0.15) is 0 Å². The smallest absolute Gasteiger partial charge is 0.000356 e. The van der Waals surface area contributed by atoms with E-state index in [2.05, 4.69) is 81.5 Å². The average molecular weight is 612 g/mol. The molecule has 258 valence electrons. The molecule has 0 aliphatic carbocycles. The molecule has 0 aromatic rings. The molecule has 0 fully saturated rings. The van der Waals surface area contributed by atoms with Crippen molar-refractivity contribution in [3.8, 4) is 0 Å². The van der Waals surface area contributed by atoms with Gasteiger partial charge >= 0.3 is 0 Å². The average Bonchev–Trinajstić information content (AvgIpc) is 3.01. The van der Waals surface area contributed by atoms with Crippen LogP contribution in [0.1, 0.15) is 200 Å². The van der Waals surface area contributed by atoms with Crippen molar-refractivity contribution in [2.45, 2.75) is 200 Å². The molecule has 0 radical (unpaired) electrons. The number of hydrogen-bond donors (Lipinski definition) is 0. The molecule has 0 aliphatic rings. The van der Waals surface area contributed by atoms with E-state index in [4.69, 9.17) is 0 Å². The Morgan fingerprint density at radius 2 is 0.659 bits per heavy atom. The molecule has 1 unspecified atom stereocenters. The number of hydrogen-bond acceptors (Lipinski definition) is 1. The van der Waals surface area contributed by atoms with Crippen LogP contribution in [0.4, 0.5) is 0 Å². The van der Waals surface area contributed by atoms with Crippen LogP contribution in [0.3, 0.4) is 0 Å². The van der Waals surface area contributed by atoms with Crippen molar-refractivity contribution >= 4 is 0 Å². The monoisotopic (exact) mass is 612 g/mol. The van der Waals surface area contributed by atoms with Gasteiger partial charge in [-0.3, -0.25) is 0 Å². The minimum absolute atomic E-state index is 0.910. The molecule has 0 saturated heterocycles. The van der Waals surface area contributed by atoms with Gasteiger partial charge in [-0.15, -0.1) is 0 Å². The molecule has 0 spiro atoms. The predicted octanol–water partition coefficient (Wildman–Crippen LogP) is 14.7. The molecule has 44 heavy (non-hydrogen) atoms. The van der Waals surface area contributed by atoms with Crippen LogP contribution in [0.25, 0.3) is 0 Å². The second-order valence-corrected chi connectivity index (χ2v) is 13.9. The van der Waals surface area contributed by atoms with Crippen molar-refractivity contribution in [3.05, 3.63) is 48.6 Å². The lowest BCUT2D eigenvalue weighted by molar-refractivity contribution is 0.286. The third kappa shape index (κ3) is 37.1. The van der Waals surface area contributed by atoms with E-state index in [1.165, 1.54) is 180 Å². The van der Waals surface area contributed by atoms with Gasteiger partial charge in [0.15, 0.2) is 0 Å². The molecule has 0 aromatic heterocycles. The Morgan fingerprint density at radius 1 is 0.364 bits per heavy atom. The zero-order valence-electron chi connectivity index (χ0n) is 30.9. The van der Waals surface area contributed by atoms with Gasteiger partial charge in [0.1, 0.15) is 0 Å². The van der Waals surface area contributed by atoms with Gasteiger partial charge in [-0.25, -0.2) is 0 Å². The minimum Gasteiger partial charge on any atom is -0.309 e. The summed E-state index contributed by atoms with van der Waals surface area (Å²) in [4.78, 5) is 2.42. The van der Waals surface area contributed by atoms with Crippen LogP contribution in [-0.4, -0.2) is 25.5 Å². The summed E-state index contributed by atoms with van der Waals surface area (Å²) in [5, 5.41) is 0. The summed E-state index contributed by atoms with van der Waals surface area (Å²) in [7, 11) is 4.52. The molecule has 0 saturated carbocycles. The van der Waals surface area contributed by atoms with E-state index in [-0.39, 0.29) is 0 Å². The molecule has 0 N–H and O–H groups in total. The highest BCUT2D eigenvalue weighted by atomic mass is 15.1. The molecular formula is C43H81N. The quantitative estimate of drug-likeness (QED) is 0.0509. The Balaban J connectivity index is 3.58. The van der Waals surface area contributed by atoms with Crippen LogP contribution >= 0.6 is 0 Å². The van der Waals surface area contributed by atoms with Gasteiger partial charge in [0.05, 0.1) is 0 Å². The first-order valence-electron chi connectivity index (χ1n) is 19.9. The Morgan fingerprint density at radius 3 is 0.977 bits per heavy atom. The number of nitrogens with zero attached hydrogens (tertiary/aromatic N) is 1. The molecule has 1 atom stereocenters. The lowest BCUT2D eigenvalue weighted by atomic mass is 9.93. The maximum atomic E-state index is 2.42. The maximum Gasteiger partial charge on any atom is 0.000356 e. The van der Waals surface area contributed by atoms with E-state index in [1.807, 2.05) is 0 Å². The highest BCUT2D eigenvalue weighted by molar-refractivity contribution is 4.93. The number of allylic oxidation sites excluding steroid dienone is 8. The zero-order chi connectivity index (χ0) is 32.0. The fraction of sp³-hybridized carbons (Fsp3) is 0.814. The van der Waals surface area contributed by atoms with Crippen molar-refractivity contribution in [2.24, 2.45) is 5.92 Å². The molecular weight excluding hydrogens is 530 g/mol. The first-order chi connectivity index (χ1) is 21.7. The van der Waals surface area contributed by atoms with Crippen LogP contribution in [0.5, 0.6) is 0 Å². The lowest BCUT2D eigenvalue weighted by Gasteiger charge is -2.21. The van der Waals surface area contributed by atoms with E-state index >= 15 is 0 Å². The van der Waals surface area contributed by atoms with Crippen LogP contribution in [0, 0.1) is 5.92 Å². The van der Waals surface area contributed by atoms with Crippen molar-refractivity contribution in [3.63, 3.8) is 0 Å². The first kappa shape index (κ1) is 42.9. The van der Waals surface area contributed by atoms with E-state index in [9.17, 15) is 0 Å². The van der Waals surface area contributed by atoms with Crippen molar-refractivity contribution in [2.75, 3.05) is 20.6 Å². The van der Waals surface area contributed by atoms with Gasteiger partial charge in [-0.1, -0.05) is 172 Å². The summed E-state index contributed by atoms with van der Waals surface area (Å²) < 4.78 is 0. The molecule has 0 bridgehead atoms. The number of unbranched alkanes of at least 4 members (excludes halogenated alkanes) is 21. The topological polar surface area (TPSA) is 3.24 Å². The van der Waals surface area contributed by atoms with Crippen LogP contribution in [0.15, 0.2) is 48.6 Å². The zero-order valence-corrected chi connectivity index (χ0v) is 30.9. The summed E-state index contributed by atoms with van der Waals surface area (Å²) in [5.41, 5.74) is 0. The first-order valence-corrected chi connectivity index (χ1v) is 19.9. The second kappa shape index (κ2) is 38.1. The van der Waals surface area contributed by atoms with E-state index in [0.29, 0.717) is 0 Å². The Kier molecular flexibility index (Phi) is 37.2. The Labute approximate surface area is 279 Å². The van der Waals surface area contributed by atoms with E-state index in [0.717, 1.165) is 18.8 Å². The van der Waals surface area contributed by atoms with Gasteiger partial charge < -0.3 is 4.90 Å². The van der Waals surface area contributed by atoms with Crippen molar-refractivity contribution < 1.29 is 0 Å². The molecule has 0 aromatic carbocycles. The highest BCUT2D eigenvalue weighted by Gasteiger charge is 2.09. The highest BCUT2D eigenvalue weighted by Crippen LogP contribution is 2.20. The third-order valence-electron chi connectivity index (χ3n) is 9.00. The molecule has 1 heteroatoms. The van der Waals surface area contributed by atoms with Gasteiger partial charge in [0.2, 0.25) is 0 Å². The fourth-order valence-electron chi connectivity index (χ4n) is 6.22. The van der Waals surface area contributed by atoms with Gasteiger partial charge in [0, 0.05) is 6.54 Å². The number of rotatable bonds is 35.